The molecule has 0 unspecified atom stereocenters. The van der Waals surface area contributed by atoms with E-state index in [0.29, 0.717) is 12.0 Å². The highest BCUT2D eigenvalue weighted by molar-refractivity contribution is 7.86. The maximum atomic E-state index is 12.9. The lowest BCUT2D eigenvalue weighted by Gasteiger charge is -2.22. The Morgan fingerprint density at radius 2 is 1.94 bits per heavy atom. The molecule has 0 spiro atoms. The standard InChI is InChI=1S/C11H14F2O2S/c1-11(2,8-16(13,14)15)7-9-4-3-5-10(12)6-9/h3-6H,7-8H2,1-2H3. The zero-order valence-corrected chi connectivity index (χ0v) is 10.0. The molecule has 1 aromatic rings. The van der Waals surface area contributed by atoms with Crippen molar-refractivity contribution >= 4 is 10.2 Å². The normalized spacial score (nSPS) is 12.8. The van der Waals surface area contributed by atoms with E-state index >= 15 is 0 Å². The van der Waals surface area contributed by atoms with Gasteiger partial charge in [0.25, 0.3) is 0 Å². The Balaban J connectivity index is 2.80. The third-order valence-corrected chi connectivity index (χ3v) is 3.26. The molecule has 1 aromatic carbocycles. The van der Waals surface area contributed by atoms with Gasteiger partial charge in [0.2, 0.25) is 0 Å². The second kappa shape index (κ2) is 4.49. The topological polar surface area (TPSA) is 34.1 Å². The molecule has 0 aliphatic rings. The van der Waals surface area contributed by atoms with E-state index < -0.39 is 21.4 Å². The van der Waals surface area contributed by atoms with Crippen LogP contribution in [0.25, 0.3) is 0 Å². The minimum Gasteiger partial charge on any atom is -0.207 e. The Morgan fingerprint density at radius 1 is 1.31 bits per heavy atom. The fraction of sp³-hybridized carbons (Fsp3) is 0.455. The lowest BCUT2D eigenvalue weighted by Crippen LogP contribution is -2.24. The summed E-state index contributed by atoms with van der Waals surface area (Å²) in [6, 6.07) is 5.87. The Bertz CT molecular complexity index is 467. The molecule has 16 heavy (non-hydrogen) atoms. The van der Waals surface area contributed by atoms with Crippen molar-refractivity contribution < 1.29 is 16.7 Å². The van der Waals surface area contributed by atoms with Gasteiger partial charge in [0, 0.05) is 0 Å². The minimum atomic E-state index is -4.51. The molecule has 0 aromatic heterocycles. The van der Waals surface area contributed by atoms with E-state index in [4.69, 9.17) is 0 Å². The van der Waals surface area contributed by atoms with Crippen LogP contribution < -0.4 is 0 Å². The number of rotatable bonds is 4. The molecule has 5 heteroatoms. The van der Waals surface area contributed by atoms with Gasteiger partial charge < -0.3 is 0 Å². The van der Waals surface area contributed by atoms with Gasteiger partial charge in [-0.3, -0.25) is 0 Å². The first-order chi connectivity index (χ1) is 7.18. The van der Waals surface area contributed by atoms with Crippen molar-refractivity contribution in [1.82, 2.24) is 0 Å². The summed E-state index contributed by atoms with van der Waals surface area (Å²) in [5, 5.41) is 0. The lowest BCUT2D eigenvalue weighted by atomic mass is 9.88. The van der Waals surface area contributed by atoms with Crippen molar-refractivity contribution in [3.05, 3.63) is 35.6 Å². The van der Waals surface area contributed by atoms with Crippen molar-refractivity contribution in [3.8, 4) is 0 Å². The van der Waals surface area contributed by atoms with Crippen LogP contribution in [0.1, 0.15) is 19.4 Å². The van der Waals surface area contributed by atoms with Crippen LogP contribution in [-0.2, 0) is 16.6 Å². The summed E-state index contributed by atoms with van der Waals surface area (Å²) in [5.74, 6) is -0.937. The van der Waals surface area contributed by atoms with Crippen LogP contribution in [0.5, 0.6) is 0 Å². The molecule has 0 saturated carbocycles. The summed E-state index contributed by atoms with van der Waals surface area (Å²) in [5.41, 5.74) is -0.0878. The largest absolute Gasteiger partial charge is 0.302 e. The van der Waals surface area contributed by atoms with E-state index in [2.05, 4.69) is 0 Å². The summed E-state index contributed by atoms with van der Waals surface area (Å²) in [6.45, 7) is 3.27. The van der Waals surface area contributed by atoms with Gasteiger partial charge in [0.1, 0.15) is 5.82 Å². The third-order valence-electron chi connectivity index (χ3n) is 2.13. The molecule has 0 saturated heterocycles. The average molecular weight is 248 g/mol. The van der Waals surface area contributed by atoms with Gasteiger partial charge >= 0.3 is 10.2 Å². The predicted octanol–water partition coefficient (Wildman–Crippen LogP) is 2.69. The molecule has 0 amide bonds. The number of hydrogen-bond donors (Lipinski definition) is 0. The Morgan fingerprint density at radius 3 is 2.44 bits per heavy atom. The summed E-state index contributed by atoms with van der Waals surface area (Å²) in [7, 11) is -4.51. The summed E-state index contributed by atoms with van der Waals surface area (Å²) < 4.78 is 46.6. The smallest absolute Gasteiger partial charge is 0.207 e. The molecule has 0 atom stereocenters. The van der Waals surface area contributed by atoms with E-state index in [0.717, 1.165) is 0 Å². The molecular formula is C11H14F2O2S. The van der Waals surface area contributed by atoms with E-state index in [1.807, 2.05) is 0 Å². The molecule has 0 heterocycles. The molecule has 2 nitrogen and oxygen atoms in total. The first-order valence-corrected chi connectivity index (χ1v) is 6.40. The second-order valence-electron chi connectivity index (χ2n) is 4.65. The van der Waals surface area contributed by atoms with Crippen LogP contribution in [0.4, 0.5) is 8.28 Å². The molecular weight excluding hydrogens is 234 g/mol. The van der Waals surface area contributed by atoms with Crippen LogP contribution in [0, 0.1) is 11.2 Å². The number of hydrogen-bond acceptors (Lipinski definition) is 2. The molecule has 0 bridgehead atoms. The summed E-state index contributed by atoms with van der Waals surface area (Å²) >= 11 is 0. The summed E-state index contributed by atoms with van der Waals surface area (Å²) in [6.07, 6.45) is 0.313. The van der Waals surface area contributed by atoms with Gasteiger partial charge in [0.15, 0.2) is 0 Å². The van der Waals surface area contributed by atoms with Gasteiger partial charge in [-0.05, 0) is 29.5 Å². The minimum absolute atomic E-state index is 0.313. The fourth-order valence-electron chi connectivity index (χ4n) is 1.72. The summed E-state index contributed by atoms with van der Waals surface area (Å²) in [4.78, 5) is 0. The lowest BCUT2D eigenvalue weighted by molar-refractivity contribution is 0.400. The van der Waals surface area contributed by atoms with Gasteiger partial charge in [0.05, 0.1) is 5.75 Å². The van der Waals surface area contributed by atoms with Crippen LogP contribution in [0.2, 0.25) is 0 Å². The molecule has 0 radical (unpaired) electrons. The molecule has 90 valence electrons. The highest BCUT2D eigenvalue weighted by Gasteiger charge is 2.26. The van der Waals surface area contributed by atoms with Gasteiger partial charge in [-0.1, -0.05) is 26.0 Å². The van der Waals surface area contributed by atoms with Crippen LogP contribution in [0.15, 0.2) is 24.3 Å². The van der Waals surface area contributed by atoms with Crippen molar-refractivity contribution in [3.63, 3.8) is 0 Å². The Hall–Kier alpha value is -0.970. The van der Waals surface area contributed by atoms with Crippen molar-refractivity contribution in [2.75, 3.05) is 5.75 Å². The van der Waals surface area contributed by atoms with E-state index in [9.17, 15) is 16.7 Å². The zero-order valence-electron chi connectivity index (χ0n) is 9.20. The highest BCUT2D eigenvalue weighted by atomic mass is 32.3. The van der Waals surface area contributed by atoms with Crippen molar-refractivity contribution in [2.45, 2.75) is 20.3 Å². The quantitative estimate of drug-likeness (QED) is 0.768. The predicted molar refractivity (Wildman–Crippen MR) is 58.8 cm³/mol. The molecule has 0 aliphatic carbocycles. The van der Waals surface area contributed by atoms with Crippen LogP contribution in [0.3, 0.4) is 0 Å². The van der Waals surface area contributed by atoms with E-state index in [1.54, 1.807) is 26.0 Å². The maximum absolute atomic E-state index is 12.9. The van der Waals surface area contributed by atoms with E-state index in [1.165, 1.54) is 12.1 Å². The number of benzene rings is 1. The first-order valence-electron chi connectivity index (χ1n) is 4.85. The molecule has 1 rings (SSSR count). The SMILES string of the molecule is CC(C)(Cc1cccc(F)c1)CS(=O)(=O)F. The van der Waals surface area contributed by atoms with Gasteiger partial charge in [-0.15, -0.1) is 3.89 Å². The zero-order chi connectivity index (χ0) is 12.4. The van der Waals surface area contributed by atoms with Gasteiger partial charge in [-0.25, -0.2) is 4.39 Å². The molecule has 0 fully saturated rings. The average Bonchev–Trinajstić information content (AvgIpc) is 1.96. The number of halogens is 2. The second-order valence-corrected chi connectivity index (χ2v) is 6.02. The highest BCUT2D eigenvalue weighted by Crippen LogP contribution is 2.24. The Kier molecular flexibility index (Phi) is 3.68. The van der Waals surface area contributed by atoms with E-state index in [-0.39, 0.29) is 5.82 Å². The third kappa shape index (κ3) is 4.70. The van der Waals surface area contributed by atoms with Gasteiger partial charge in [-0.2, -0.15) is 8.42 Å². The van der Waals surface area contributed by atoms with Crippen LogP contribution >= 0.6 is 0 Å². The molecule has 0 N–H and O–H groups in total. The van der Waals surface area contributed by atoms with Crippen LogP contribution in [-0.4, -0.2) is 14.2 Å². The monoisotopic (exact) mass is 248 g/mol. The van der Waals surface area contributed by atoms with Crippen molar-refractivity contribution in [1.29, 1.82) is 0 Å². The van der Waals surface area contributed by atoms with Crippen molar-refractivity contribution in [2.24, 2.45) is 5.41 Å². The first kappa shape index (κ1) is 13.1. The molecule has 0 aliphatic heterocycles. The maximum Gasteiger partial charge on any atom is 0.302 e. The Labute approximate surface area is 94.5 Å². The fourth-order valence-corrected chi connectivity index (χ4v) is 2.75.